The van der Waals surface area contributed by atoms with Gasteiger partial charge in [-0.2, -0.15) is 5.10 Å². The lowest BCUT2D eigenvalue weighted by Crippen LogP contribution is -2.36. The normalized spacial score (nSPS) is 11.2. The maximum atomic E-state index is 13.3. The van der Waals surface area contributed by atoms with Crippen molar-refractivity contribution >= 4 is 17.6 Å². The van der Waals surface area contributed by atoms with E-state index in [-0.39, 0.29) is 5.91 Å². The van der Waals surface area contributed by atoms with E-state index in [1.807, 2.05) is 42.1 Å². The van der Waals surface area contributed by atoms with Crippen LogP contribution in [0.1, 0.15) is 47.4 Å². The largest absolute Gasteiger partial charge is 0.493 e. The molecule has 192 valence electrons. The predicted molar refractivity (Wildman–Crippen MR) is 141 cm³/mol. The molecule has 3 aromatic rings. The fraction of sp³-hybridized carbons (Fsp3) is 0.370. The molecule has 0 saturated heterocycles. The zero-order valence-electron chi connectivity index (χ0n) is 21.8. The van der Waals surface area contributed by atoms with Crippen molar-refractivity contribution in [2.24, 2.45) is 4.99 Å². The Bertz CT molecular complexity index is 1190. The Kier molecular flexibility index (Phi) is 9.32. The number of rotatable bonds is 10. The summed E-state index contributed by atoms with van der Waals surface area (Å²) in [5.74, 6) is 1.16. The molecule has 1 amide bonds. The van der Waals surface area contributed by atoms with Gasteiger partial charge in [0.15, 0.2) is 11.5 Å². The van der Waals surface area contributed by atoms with Gasteiger partial charge in [0.1, 0.15) is 0 Å². The Labute approximate surface area is 212 Å². The first-order valence-electron chi connectivity index (χ1n) is 12.0. The van der Waals surface area contributed by atoms with Crippen molar-refractivity contribution in [3.05, 3.63) is 65.0 Å². The lowest BCUT2D eigenvalue weighted by atomic mass is 10.1. The van der Waals surface area contributed by atoms with Crippen molar-refractivity contribution in [2.45, 2.75) is 46.7 Å². The number of aliphatic imine (C=N–C) groups is 1. The number of anilines is 1. The van der Waals surface area contributed by atoms with Crippen LogP contribution in [0.25, 0.3) is 0 Å². The van der Waals surface area contributed by atoms with E-state index < -0.39 is 0 Å². The van der Waals surface area contributed by atoms with Gasteiger partial charge in [-0.1, -0.05) is 32.0 Å². The van der Waals surface area contributed by atoms with Crippen LogP contribution in [0, 0.1) is 6.92 Å². The van der Waals surface area contributed by atoms with E-state index in [2.05, 4.69) is 29.6 Å². The van der Waals surface area contributed by atoms with E-state index in [0.717, 1.165) is 41.9 Å². The monoisotopic (exact) mass is 493 g/mol. The van der Waals surface area contributed by atoms with E-state index in [4.69, 9.17) is 19.2 Å². The minimum Gasteiger partial charge on any atom is -0.493 e. The molecule has 0 aliphatic heterocycles. The number of nitrogens with zero attached hydrogens (tertiary/aromatic N) is 3. The number of nitrogens with one attached hydrogen (secondary N) is 2. The van der Waals surface area contributed by atoms with Crippen LogP contribution in [0.2, 0.25) is 0 Å². The summed E-state index contributed by atoms with van der Waals surface area (Å²) in [5, 5.41) is 10.8. The van der Waals surface area contributed by atoms with Crippen molar-refractivity contribution in [3.8, 4) is 17.2 Å². The van der Waals surface area contributed by atoms with Gasteiger partial charge in [-0.3, -0.25) is 14.8 Å². The van der Waals surface area contributed by atoms with E-state index in [1.165, 1.54) is 21.3 Å². The number of benzene rings is 2. The molecule has 9 heteroatoms. The molecule has 36 heavy (non-hydrogen) atoms. The second-order valence-corrected chi connectivity index (χ2v) is 8.17. The van der Waals surface area contributed by atoms with E-state index in [0.29, 0.717) is 35.3 Å². The van der Waals surface area contributed by atoms with Crippen molar-refractivity contribution in [2.75, 3.05) is 26.6 Å². The van der Waals surface area contributed by atoms with Crippen molar-refractivity contribution in [1.29, 1.82) is 0 Å². The molecule has 2 N–H and O–H groups in total. The number of aryl methyl sites for hydroxylation is 3. The number of hydrogen-bond acceptors (Lipinski definition) is 6. The van der Waals surface area contributed by atoms with Gasteiger partial charge in [-0.05, 0) is 43.5 Å². The smallest absolute Gasteiger partial charge is 0.258 e. The van der Waals surface area contributed by atoms with Gasteiger partial charge < -0.3 is 19.5 Å². The van der Waals surface area contributed by atoms with E-state index >= 15 is 0 Å². The highest BCUT2D eigenvalue weighted by Crippen LogP contribution is 2.38. The molecular weight excluding hydrogens is 458 g/mol. The summed E-state index contributed by atoms with van der Waals surface area (Å²) < 4.78 is 18.1. The fourth-order valence-electron chi connectivity index (χ4n) is 3.80. The maximum absolute atomic E-state index is 13.3. The van der Waals surface area contributed by atoms with Crippen molar-refractivity contribution in [1.82, 2.24) is 15.1 Å². The summed E-state index contributed by atoms with van der Waals surface area (Å²) in [4.78, 5) is 18.0. The number of para-hydroxylation sites is 1. The number of amides is 1. The Hall–Kier alpha value is -4.01. The second-order valence-electron chi connectivity index (χ2n) is 8.17. The number of carbonyl (C=O) groups excluding carboxylic acids is 1. The lowest BCUT2D eigenvalue weighted by molar-refractivity contribution is 0.0976. The first-order valence-corrected chi connectivity index (χ1v) is 12.0. The molecule has 3 rings (SSSR count). The van der Waals surface area contributed by atoms with Gasteiger partial charge in [0.2, 0.25) is 11.7 Å². The summed E-state index contributed by atoms with van der Waals surface area (Å²) in [6.45, 7) is 7.36. The first kappa shape index (κ1) is 26.6. The van der Waals surface area contributed by atoms with Crippen LogP contribution in [0.3, 0.4) is 0 Å². The van der Waals surface area contributed by atoms with Gasteiger partial charge >= 0.3 is 0 Å². The second kappa shape index (κ2) is 12.6. The highest BCUT2D eigenvalue weighted by atomic mass is 16.5. The topological polar surface area (TPSA) is 99.0 Å². The molecule has 0 spiro atoms. The van der Waals surface area contributed by atoms with E-state index in [9.17, 15) is 4.79 Å². The molecule has 2 aromatic carbocycles. The molecule has 0 saturated carbocycles. The van der Waals surface area contributed by atoms with Crippen molar-refractivity contribution in [3.63, 3.8) is 0 Å². The number of aromatic nitrogens is 2. The highest BCUT2D eigenvalue weighted by Gasteiger charge is 2.18. The number of methoxy groups -OCH3 is 3. The van der Waals surface area contributed by atoms with Gasteiger partial charge in [0, 0.05) is 29.6 Å². The molecule has 1 aromatic heterocycles. The Morgan fingerprint density at radius 2 is 1.72 bits per heavy atom. The average Bonchev–Trinajstić information content (AvgIpc) is 3.25. The quantitative estimate of drug-likeness (QED) is 0.317. The van der Waals surface area contributed by atoms with Crippen LogP contribution < -0.4 is 24.8 Å². The summed E-state index contributed by atoms with van der Waals surface area (Å²) in [5.41, 5.74) is 4.24. The van der Waals surface area contributed by atoms with Gasteiger partial charge in [0.25, 0.3) is 5.91 Å². The SMILES string of the molecule is CCCn1cc(CN=C(NC(=O)c2cc(OC)c(OC)c(OC)c2)Nc2ccccc2CC)c(C)n1. The van der Waals surface area contributed by atoms with Gasteiger partial charge in [-0.15, -0.1) is 0 Å². The third-order valence-electron chi connectivity index (χ3n) is 5.72. The third kappa shape index (κ3) is 6.35. The number of ether oxygens (including phenoxy) is 3. The molecule has 1 heterocycles. The Balaban J connectivity index is 1.93. The first-order chi connectivity index (χ1) is 17.4. The fourth-order valence-corrected chi connectivity index (χ4v) is 3.80. The van der Waals surface area contributed by atoms with Crippen LogP contribution >= 0.6 is 0 Å². The predicted octanol–water partition coefficient (Wildman–Crippen LogP) is 4.59. The lowest BCUT2D eigenvalue weighted by Gasteiger charge is -2.16. The minimum absolute atomic E-state index is 0.331. The number of hydrogen-bond donors (Lipinski definition) is 2. The molecule has 0 atom stereocenters. The Morgan fingerprint density at radius 1 is 1.03 bits per heavy atom. The highest BCUT2D eigenvalue weighted by molar-refractivity contribution is 6.10. The molecule has 0 radical (unpaired) electrons. The number of carbonyl (C=O) groups is 1. The zero-order valence-corrected chi connectivity index (χ0v) is 21.8. The van der Waals surface area contributed by atoms with Crippen molar-refractivity contribution < 1.29 is 19.0 Å². The molecule has 0 aliphatic carbocycles. The van der Waals surface area contributed by atoms with Gasteiger partial charge in [0.05, 0.1) is 33.6 Å². The van der Waals surface area contributed by atoms with Crippen LogP contribution in [0.5, 0.6) is 17.2 Å². The van der Waals surface area contributed by atoms with Gasteiger partial charge in [-0.25, -0.2) is 4.99 Å². The molecule has 0 unspecified atom stereocenters. The Morgan fingerprint density at radius 3 is 2.33 bits per heavy atom. The maximum Gasteiger partial charge on any atom is 0.258 e. The minimum atomic E-state index is -0.368. The average molecular weight is 494 g/mol. The standard InChI is InChI=1S/C27H35N5O4/c1-7-13-32-17-21(18(3)31-32)16-28-27(29-22-12-10-9-11-19(22)8-2)30-26(33)20-14-23(34-4)25(36-6)24(15-20)35-5/h9-12,14-15,17H,7-8,13,16H2,1-6H3,(H2,28,29,30,33). The van der Waals surface area contributed by atoms with Crippen LogP contribution in [0.4, 0.5) is 5.69 Å². The third-order valence-corrected chi connectivity index (χ3v) is 5.72. The molecule has 0 aliphatic rings. The summed E-state index contributed by atoms with van der Waals surface area (Å²) in [6.07, 6.45) is 3.83. The molecule has 0 fully saturated rings. The van der Waals surface area contributed by atoms with Crippen LogP contribution in [0.15, 0.2) is 47.6 Å². The molecular formula is C27H35N5O4. The summed E-state index contributed by atoms with van der Waals surface area (Å²) in [6, 6.07) is 11.1. The summed E-state index contributed by atoms with van der Waals surface area (Å²) in [7, 11) is 4.54. The zero-order chi connectivity index (χ0) is 26.1. The molecule has 0 bridgehead atoms. The summed E-state index contributed by atoms with van der Waals surface area (Å²) >= 11 is 0. The van der Waals surface area contributed by atoms with Crippen LogP contribution in [-0.4, -0.2) is 43.0 Å². The van der Waals surface area contributed by atoms with E-state index in [1.54, 1.807) is 12.1 Å². The van der Waals surface area contributed by atoms with Crippen LogP contribution in [-0.2, 0) is 19.5 Å². The molecule has 9 nitrogen and oxygen atoms in total. The number of guanidine groups is 1.